The lowest BCUT2D eigenvalue weighted by molar-refractivity contribution is -0.140. The van der Waals surface area contributed by atoms with Crippen LogP contribution in [-0.2, 0) is 10.2 Å². The maximum atomic E-state index is 12.6. The first-order chi connectivity index (χ1) is 11.3. The average molecular weight is 332 g/mol. The second kappa shape index (κ2) is 7.34. The maximum Gasteiger partial charge on any atom is 0.253 e. The fourth-order valence-electron chi connectivity index (χ4n) is 2.84. The lowest BCUT2D eigenvalue weighted by Gasteiger charge is -2.35. The molecule has 0 aromatic heterocycles. The van der Waals surface area contributed by atoms with Crippen LogP contribution in [0.5, 0.6) is 0 Å². The number of carbonyl (C=O) groups is 2. The van der Waals surface area contributed by atoms with Crippen LogP contribution in [0.3, 0.4) is 0 Å². The molecule has 5 nitrogen and oxygen atoms in total. The summed E-state index contributed by atoms with van der Waals surface area (Å²) in [6, 6.07) is 7.85. The Kier molecular flexibility index (Phi) is 5.65. The second-order valence-corrected chi connectivity index (χ2v) is 7.11. The zero-order chi connectivity index (χ0) is 17.9. The molecule has 1 heterocycles. The summed E-state index contributed by atoms with van der Waals surface area (Å²) in [5, 5.41) is 9.37. The number of aliphatic hydroxyl groups excluding tert-OH is 1. The van der Waals surface area contributed by atoms with Gasteiger partial charge in [-0.1, -0.05) is 32.9 Å². The minimum Gasteiger partial charge on any atom is -0.384 e. The minimum atomic E-state index is -0.985. The number of hydrogen-bond donors (Lipinski definition) is 1. The van der Waals surface area contributed by atoms with Crippen LogP contribution in [0.25, 0.3) is 0 Å². The number of aliphatic hydroxyl groups is 1. The molecule has 1 aliphatic rings. The summed E-state index contributed by atoms with van der Waals surface area (Å²) in [4.78, 5) is 27.8. The van der Waals surface area contributed by atoms with E-state index in [1.165, 1.54) is 12.5 Å². The first kappa shape index (κ1) is 18.5. The van der Waals surface area contributed by atoms with Crippen LogP contribution in [-0.4, -0.2) is 59.0 Å². The van der Waals surface area contributed by atoms with E-state index in [0.29, 0.717) is 31.7 Å². The number of rotatable bonds is 4. The van der Waals surface area contributed by atoms with E-state index in [0.717, 1.165) is 6.42 Å². The predicted octanol–water partition coefficient (Wildman–Crippen LogP) is 2.04. The van der Waals surface area contributed by atoms with Gasteiger partial charge in [-0.05, 0) is 36.5 Å². The first-order valence-electron chi connectivity index (χ1n) is 8.63. The molecule has 1 N–H and O–H groups in total. The van der Waals surface area contributed by atoms with Crippen molar-refractivity contribution in [3.63, 3.8) is 0 Å². The smallest absolute Gasteiger partial charge is 0.253 e. The summed E-state index contributed by atoms with van der Waals surface area (Å²) >= 11 is 0. The summed E-state index contributed by atoms with van der Waals surface area (Å²) in [6.45, 7) is 9.96. The molecule has 1 atom stereocenters. The molecule has 0 spiro atoms. The number of carbonyl (C=O) groups excluding carboxylic acids is 2. The highest BCUT2D eigenvalue weighted by Crippen LogP contribution is 2.26. The molecule has 1 aromatic carbocycles. The van der Waals surface area contributed by atoms with Crippen molar-refractivity contribution in [2.75, 3.05) is 26.2 Å². The van der Waals surface area contributed by atoms with Gasteiger partial charge in [0.05, 0.1) is 0 Å². The average Bonchev–Trinajstić information content (AvgIpc) is 2.60. The van der Waals surface area contributed by atoms with Crippen molar-refractivity contribution < 1.29 is 14.7 Å². The van der Waals surface area contributed by atoms with E-state index in [1.54, 1.807) is 9.80 Å². The molecular formula is C19H28N2O3. The van der Waals surface area contributed by atoms with Gasteiger partial charge in [0, 0.05) is 31.7 Å². The Balaban J connectivity index is 1.99. The van der Waals surface area contributed by atoms with Gasteiger partial charge in [-0.25, -0.2) is 0 Å². The first-order valence-corrected chi connectivity index (χ1v) is 8.63. The highest BCUT2D eigenvalue weighted by molar-refractivity contribution is 5.94. The van der Waals surface area contributed by atoms with Crippen molar-refractivity contribution in [3.8, 4) is 0 Å². The van der Waals surface area contributed by atoms with Crippen molar-refractivity contribution >= 4 is 11.8 Å². The molecule has 1 fully saturated rings. The Morgan fingerprint density at radius 2 is 1.58 bits per heavy atom. The van der Waals surface area contributed by atoms with Gasteiger partial charge in [0.15, 0.2) is 0 Å². The van der Waals surface area contributed by atoms with Crippen LogP contribution in [0, 0.1) is 0 Å². The Bertz CT molecular complexity index is 585. The fourth-order valence-corrected chi connectivity index (χ4v) is 2.84. The quantitative estimate of drug-likeness (QED) is 0.918. The van der Waals surface area contributed by atoms with E-state index in [4.69, 9.17) is 0 Å². The van der Waals surface area contributed by atoms with Gasteiger partial charge in [0.1, 0.15) is 6.10 Å². The standard InChI is InChI=1S/C19H28N2O3/c1-5-19(3,4)16-8-6-15(7-9-16)18(24)21-12-10-20(11-13-21)17(23)14(2)22/h6-9,14,22H,5,10-13H2,1-4H3. The van der Waals surface area contributed by atoms with Crippen molar-refractivity contribution in [2.45, 2.75) is 45.6 Å². The van der Waals surface area contributed by atoms with E-state index < -0.39 is 6.10 Å². The Morgan fingerprint density at radius 3 is 2.04 bits per heavy atom. The zero-order valence-corrected chi connectivity index (χ0v) is 15.1. The number of amides is 2. The molecule has 1 unspecified atom stereocenters. The van der Waals surface area contributed by atoms with Gasteiger partial charge < -0.3 is 14.9 Å². The number of piperazine rings is 1. The molecule has 0 saturated carbocycles. The van der Waals surface area contributed by atoms with Crippen LogP contribution < -0.4 is 0 Å². The number of nitrogens with zero attached hydrogens (tertiary/aromatic N) is 2. The van der Waals surface area contributed by atoms with Crippen LogP contribution >= 0.6 is 0 Å². The highest BCUT2D eigenvalue weighted by atomic mass is 16.3. The predicted molar refractivity (Wildman–Crippen MR) is 93.9 cm³/mol. The Labute approximate surface area is 144 Å². The molecule has 2 amide bonds. The van der Waals surface area contributed by atoms with Crippen molar-refractivity contribution in [1.82, 2.24) is 9.80 Å². The fraction of sp³-hybridized carbons (Fsp3) is 0.579. The van der Waals surface area contributed by atoms with Gasteiger partial charge in [-0.15, -0.1) is 0 Å². The summed E-state index contributed by atoms with van der Waals surface area (Å²) in [5.41, 5.74) is 2.02. The normalized spacial score (nSPS) is 16.9. The van der Waals surface area contributed by atoms with Crippen LogP contribution in [0.2, 0.25) is 0 Å². The third-order valence-corrected chi connectivity index (χ3v) is 5.03. The molecule has 5 heteroatoms. The summed E-state index contributed by atoms with van der Waals surface area (Å²) in [7, 11) is 0. The third kappa shape index (κ3) is 3.96. The summed E-state index contributed by atoms with van der Waals surface area (Å²) in [5.74, 6) is -0.270. The Morgan fingerprint density at radius 1 is 1.08 bits per heavy atom. The molecule has 0 bridgehead atoms. The lowest BCUT2D eigenvalue weighted by Crippen LogP contribution is -2.52. The van der Waals surface area contributed by atoms with E-state index >= 15 is 0 Å². The summed E-state index contributed by atoms with van der Waals surface area (Å²) < 4.78 is 0. The molecule has 132 valence electrons. The van der Waals surface area contributed by atoms with Gasteiger partial charge in [-0.2, -0.15) is 0 Å². The SMILES string of the molecule is CCC(C)(C)c1ccc(C(=O)N2CCN(C(=O)C(C)O)CC2)cc1. The molecule has 1 saturated heterocycles. The zero-order valence-electron chi connectivity index (χ0n) is 15.1. The molecule has 1 aliphatic heterocycles. The molecule has 24 heavy (non-hydrogen) atoms. The van der Waals surface area contributed by atoms with Crippen LogP contribution in [0.1, 0.15) is 50.0 Å². The monoisotopic (exact) mass is 332 g/mol. The van der Waals surface area contributed by atoms with E-state index in [9.17, 15) is 14.7 Å². The van der Waals surface area contributed by atoms with Crippen molar-refractivity contribution in [1.29, 1.82) is 0 Å². The maximum absolute atomic E-state index is 12.6. The summed E-state index contributed by atoms with van der Waals surface area (Å²) in [6.07, 6.45) is 0.0567. The van der Waals surface area contributed by atoms with Gasteiger partial charge in [0.25, 0.3) is 11.8 Å². The highest BCUT2D eigenvalue weighted by Gasteiger charge is 2.27. The topological polar surface area (TPSA) is 60.9 Å². The van der Waals surface area contributed by atoms with E-state index in [2.05, 4.69) is 20.8 Å². The molecule has 0 radical (unpaired) electrons. The van der Waals surface area contributed by atoms with Gasteiger partial charge >= 0.3 is 0 Å². The Hall–Kier alpha value is -1.88. The lowest BCUT2D eigenvalue weighted by atomic mass is 9.82. The number of hydrogen-bond acceptors (Lipinski definition) is 3. The molecule has 1 aromatic rings. The van der Waals surface area contributed by atoms with E-state index in [1.807, 2.05) is 24.3 Å². The van der Waals surface area contributed by atoms with Crippen LogP contribution in [0.15, 0.2) is 24.3 Å². The largest absolute Gasteiger partial charge is 0.384 e. The van der Waals surface area contributed by atoms with Crippen molar-refractivity contribution in [3.05, 3.63) is 35.4 Å². The third-order valence-electron chi connectivity index (χ3n) is 5.03. The van der Waals surface area contributed by atoms with Gasteiger partial charge in [0.2, 0.25) is 0 Å². The molecular weight excluding hydrogens is 304 g/mol. The second-order valence-electron chi connectivity index (χ2n) is 7.11. The van der Waals surface area contributed by atoms with Crippen molar-refractivity contribution in [2.24, 2.45) is 0 Å². The van der Waals surface area contributed by atoms with E-state index in [-0.39, 0.29) is 17.2 Å². The number of benzene rings is 1. The molecule has 2 rings (SSSR count). The minimum absolute atomic E-state index is 0.000000472. The van der Waals surface area contributed by atoms with Gasteiger partial charge in [-0.3, -0.25) is 9.59 Å². The van der Waals surface area contributed by atoms with Crippen LogP contribution in [0.4, 0.5) is 0 Å². The molecule has 0 aliphatic carbocycles.